The predicted molar refractivity (Wildman–Crippen MR) is 84.7 cm³/mol. The van der Waals surface area contributed by atoms with E-state index in [0.717, 1.165) is 14.7 Å². The average molecular weight is 387 g/mol. The molecule has 100 valence electrons. The van der Waals surface area contributed by atoms with Gasteiger partial charge < -0.3 is 0 Å². The Labute approximate surface area is 123 Å². The second-order valence-electron chi connectivity index (χ2n) is 4.24. The third-order valence-electron chi connectivity index (χ3n) is 2.55. The third kappa shape index (κ3) is 3.94. The minimum absolute atomic E-state index is 0.268. The maximum Gasteiger partial charge on any atom is 0.286 e. The van der Waals surface area contributed by atoms with Gasteiger partial charge in [0.2, 0.25) is 0 Å². The van der Waals surface area contributed by atoms with Crippen LogP contribution in [0, 0.1) is 17.4 Å². The number of halogens is 1. The van der Waals surface area contributed by atoms with Crippen LogP contribution in [-0.2, 0) is 10.0 Å². The molecule has 0 saturated heterocycles. The van der Waals surface area contributed by atoms with Crippen molar-refractivity contribution >= 4 is 31.1 Å². The van der Waals surface area contributed by atoms with Gasteiger partial charge in [-0.25, -0.2) is 0 Å². The molecule has 0 amide bonds. The minimum Gasteiger partial charge on any atom is -0.199 e. The van der Waals surface area contributed by atoms with Crippen LogP contribution in [0.2, 0.25) is 0 Å². The Balaban J connectivity index is 2.26. The first-order valence-electron chi connectivity index (χ1n) is 5.72. The number of benzene rings is 2. The molecule has 0 aromatic heterocycles. The topological polar surface area (TPSA) is 46.5 Å². The zero-order valence-electron chi connectivity index (χ0n) is 10.7. The van der Waals surface area contributed by atoms with E-state index in [4.69, 9.17) is 0 Å². The molecule has 0 unspecified atom stereocenters. The molecule has 3 nitrogen and oxygen atoms in total. The van der Waals surface area contributed by atoms with E-state index in [9.17, 15) is 8.42 Å². The molecular weight excluding hydrogens is 373 g/mol. The van der Waals surface area contributed by atoms with Crippen LogP contribution in [0.4, 0.5) is 0 Å². The Kier molecular flexibility index (Phi) is 4.46. The van der Waals surface area contributed by atoms with Crippen LogP contribution in [-0.4, -0.2) is 8.42 Å². The van der Waals surface area contributed by atoms with Gasteiger partial charge in [0.05, 0.1) is 4.90 Å². The molecule has 0 radical (unpaired) electrons. The first-order valence-corrected chi connectivity index (χ1v) is 9.20. The Morgan fingerprint density at radius 3 is 1.84 bits per heavy atom. The Morgan fingerprint density at radius 1 is 0.842 bits per heavy atom. The van der Waals surface area contributed by atoms with Gasteiger partial charge in [-0.15, -0.1) is 2.55 Å². The van der Waals surface area contributed by atoms with Crippen LogP contribution in [0.1, 0.15) is 11.1 Å². The highest BCUT2D eigenvalue weighted by molar-refractivity contribution is 14.2. The molecule has 5 heteroatoms. The van der Waals surface area contributed by atoms with Crippen LogP contribution in [0.15, 0.2) is 56.0 Å². The smallest absolute Gasteiger partial charge is 0.199 e. The van der Waals surface area contributed by atoms with E-state index >= 15 is 0 Å². The van der Waals surface area contributed by atoms with Gasteiger partial charge in [-0.05, 0) is 38.1 Å². The van der Waals surface area contributed by atoms with Gasteiger partial charge in [0.25, 0.3) is 10.0 Å². The zero-order valence-corrected chi connectivity index (χ0v) is 13.6. The van der Waals surface area contributed by atoms with Gasteiger partial charge in [-0.3, -0.25) is 0 Å². The molecule has 2 rings (SSSR count). The van der Waals surface area contributed by atoms with Gasteiger partial charge >= 0.3 is 0 Å². The summed E-state index contributed by atoms with van der Waals surface area (Å²) in [6, 6.07) is 14.6. The molecule has 0 atom stereocenters. The summed E-state index contributed by atoms with van der Waals surface area (Å²) >= 11 is -0.872. The average Bonchev–Trinajstić information content (AvgIpc) is 2.39. The van der Waals surface area contributed by atoms with Crippen molar-refractivity contribution < 1.29 is 8.42 Å². The molecular formula is C14H14INO2S. The van der Waals surface area contributed by atoms with Crippen LogP contribution in [0.25, 0.3) is 0 Å². The summed E-state index contributed by atoms with van der Waals surface area (Å²) in [5.41, 5.74) is 2.20. The lowest BCUT2D eigenvalue weighted by Crippen LogP contribution is -1.94. The highest BCUT2D eigenvalue weighted by Gasteiger charge is 2.11. The van der Waals surface area contributed by atoms with Gasteiger partial charge in [0, 0.05) is 24.6 Å². The fourth-order valence-electron chi connectivity index (χ4n) is 1.42. The van der Waals surface area contributed by atoms with Crippen molar-refractivity contribution in [1.29, 1.82) is 0 Å². The summed E-state index contributed by atoms with van der Waals surface area (Å²) in [6.07, 6.45) is 0. The van der Waals surface area contributed by atoms with E-state index in [1.54, 1.807) is 24.3 Å². The number of nitrogens with zero attached hydrogens (tertiary/aromatic N) is 1. The van der Waals surface area contributed by atoms with Crippen molar-refractivity contribution in [1.82, 2.24) is 0 Å². The number of aryl methyl sites for hydroxylation is 2. The largest absolute Gasteiger partial charge is 0.286 e. The Bertz CT molecular complexity index is 689. The Hall–Kier alpha value is -1.08. The van der Waals surface area contributed by atoms with Crippen molar-refractivity contribution in [3.8, 4) is 0 Å². The maximum atomic E-state index is 12.0. The Morgan fingerprint density at radius 2 is 1.32 bits per heavy atom. The van der Waals surface area contributed by atoms with Crippen LogP contribution >= 0.6 is 21.0 Å². The molecule has 0 aliphatic rings. The molecule has 0 N–H and O–H groups in total. The summed E-state index contributed by atoms with van der Waals surface area (Å²) in [5.74, 6) is 0. The summed E-state index contributed by atoms with van der Waals surface area (Å²) in [6.45, 7) is 3.93. The van der Waals surface area contributed by atoms with E-state index in [0.29, 0.717) is 0 Å². The summed E-state index contributed by atoms with van der Waals surface area (Å²) in [4.78, 5) is 0.268. The summed E-state index contributed by atoms with van der Waals surface area (Å²) in [7, 11) is -3.51. The standard InChI is InChI=1S/C14H14INO2S/c1-11-3-7-13(8-4-11)15-16-19(17,18)14-9-5-12(2)6-10-14/h3-10H,1-2H3. The van der Waals surface area contributed by atoms with E-state index in [1.165, 1.54) is 0 Å². The van der Waals surface area contributed by atoms with Gasteiger partial charge in [-0.1, -0.05) is 35.4 Å². The highest BCUT2D eigenvalue weighted by Crippen LogP contribution is 2.21. The number of sulfonamides is 1. The zero-order chi connectivity index (χ0) is 13.9. The van der Waals surface area contributed by atoms with Crippen molar-refractivity contribution in [3.63, 3.8) is 0 Å². The van der Waals surface area contributed by atoms with Crippen molar-refractivity contribution in [3.05, 3.63) is 63.2 Å². The molecule has 0 bridgehead atoms. The SMILES string of the molecule is Cc1ccc(I=NS(=O)(=O)c2ccc(C)cc2)cc1. The van der Waals surface area contributed by atoms with E-state index in [-0.39, 0.29) is 4.90 Å². The molecule has 2 aromatic rings. The van der Waals surface area contributed by atoms with E-state index in [1.807, 2.05) is 38.1 Å². The number of hydrogen-bond acceptors (Lipinski definition) is 2. The molecule has 19 heavy (non-hydrogen) atoms. The second kappa shape index (κ2) is 5.92. The molecule has 0 spiro atoms. The highest BCUT2D eigenvalue weighted by atomic mass is 127. The summed E-state index contributed by atoms with van der Waals surface area (Å²) < 4.78 is 29.0. The second-order valence-corrected chi connectivity index (χ2v) is 8.71. The van der Waals surface area contributed by atoms with Gasteiger partial charge in [0.15, 0.2) is 0 Å². The lowest BCUT2D eigenvalue weighted by atomic mass is 10.2. The van der Waals surface area contributed by atoms with Crippen LogP contribution in [0.5, 0.6) is 0 Å². The molecule has 0 aliphatic carbocycles. The normalized spacial score (nSPS) is 12.3. The van der Waals surface area contributed by atoms with E-state index < -0.39 is 31.1 Å². The fraction of sp³-hybridized carbons (Fsp3) is 0.143. The number of hydrogen-bond donors (Lipinski definition) is 0. The quantitative estimate of drug-likeness (QED) is 0.747. The molecule has 0 aliphatic heterocycles. The van der Waals surface area contributed by atoms with Crippen LogP contribution in [0.3, 0.4) is 0 Å². The van der Waals surface area contributed by atoms with Crippen LogP contribution < -0.4 is 0 Å². The summed E-state index contributed by atoms with van der Waals surface area (Å²) in [5, 5.41) is 0. The monoisotopic (exact) mass is 387 g/mol. The molecule has 0 fully saturated rings. The molecule has 0 heterocycles. The number of rotatable bonds is 3. The first kappa shape index (κ1) is 14.3. The third-order valence-corrected chi connectivity index (χ3v) is 7.09. The predicted octanol–water partition coefficient (Wildman–Crippen LogP) is 4.02. The first-order chi connectivity index (χ1) is 8.97. The lowest BCUT2D eigenvalue weighted by molar-refractivity contribution is 0.599. The van der Waals surface area contributed by atoms with Gasteiger partial charge in [-0.2, -0.15) is 8.42 Å². The lowest BCUT2D eigenvalue weighted by Gasteiger charge is -1.99. The van der Waals surface area contributed by atoms with Gasteiger partial charge in [0.1, 0.15) is 0 Å². The van der Waals surface area contributed by atoms with Crippen molar-refractivity contribution in [2.75, 3.05) is 0 Å². The van der Waals surface area contributed by atoms with Crippen molar-refractivity contribution in [2.24, 2.45) is 2.55 Å². The maximum absolute atomic E-state index is 12.0. The molecule has 2 aromatic carbocycles. The van der Waals surface area contributed by atoms with E-state index in [2.05, 4.69) is 2.55 Å². The fourth-order valence-corrected chi connectivity index (χ4v) is 4.98. The molecule has 0 saturated carbocycles. The minimum atomic E-state index is -3.51. The van der Waals surface area contributed by atoms with Crippen molar-refractivity contribution in [2.45, 2.75) is 18.7 Å².